The zero-order chi connectivity index (χ0) is 15.5. The number of amides is 1. The van der Waals surface area contributed by atoms with Crippen molar-refractivity contribution in [2.24, 2.45) is 0 Å². The summed E-state index contributed by atoms with van der Waals surface area (Å²) in [5.74, 6) is 0.868. The largest absolute Gasteiger partial charge is 0.358 e. The molecule has 1 unspecified atom stereocenters. The Kier molecular flexibility index (Phi) is 4.43. The molecule has 3 rings (SSSR count). The number of carbonyl (C=O) groups is 1. The van der Waals surface area contributed by atoms with E-state index in [1.807, 2.05) is 17.0 Å². The van der Waals surface area contributed by atoms with Crippen LogP contribution in [0.5, 0.6) is 0 Å². The van der Waals surface area contributed by atoms with E-state index in [-0.39, 0.29) is 11.9 Å². The number of anilines is 1. The molecule has 1 N–H and O–H groups in total. The van der Waals surface area contributed by atoms with Gasteiger partial charge in [-0.3, -0.25) is 4.79 Å². The summed E-state index contributed by atoms with van der Waals surface area (Å²) in [4.78, 5) is 18.6. The summed E-state index contributed by atoms with van der Waals surface area (Å²) < 4.78 is 0.951. The summed E-state index contributed by atoms with van der Waals surface area (Å²) in [5, 5.41) is 3.22. The van der Waals surface area contributed by atoms with E-state index in [4.69, 9.17) is 0 Å². The van der Waals surface area contributed by atoms with Gasteiger partial charge in [-0.05, 0) is 31.0 Å². The maximum absolute atomic E-state index is 12.5. The first-order chi connectivity index (χ1) is 10.6. The van der Waals surface area contributed by atoms with Crippen LogP contribution < -0.4 is 5.32 Å². The molecule has 114 valence electrons. The highest BCUT2D eigenvalue weighted by molar-refractivity contribution is 9.10. The zero-order valence-corrected chi connectivity index (χ0v) is 14.0. The van der Waals surface area contributed by atoms with Gasteiger partial charge in [-0.15, -0.1) is 0 Å². The van der Waals surface area contributed by atoms with Crippen molar-refractivity contribution in [3.63, 3.8) is 0 Å². The number of aryl methyl sites for hydroxylation is 1. The van der Waals surface area contributed by atoms with Gasteiger partial charge in [0, 0.05) is 23.8 Å². The molecule has 1 atom stereocenters. The van der Waals surface area contributed by atoms with Crippen LogP contribution in [0.15, 0.2) is 47.1 Å². The molecule has 1 aliphatic heterocycles. The van der Waals surface area contributed by atoms with Crippen LogP contribution in [0.25, 0.3) is 0 Å². The highest BCUT2D eigenvalue weighted by Crippen LogP contribution is 2.20. The Hall–Kier alpha value is -1.88. The van der Waals surface area contributed by atoms with Crippen LogP contribution in [-0.2, 0) is 11.3 Å². The summed E-state index contributed by atoms with van der Waals surface area (Å²) in [7, 11) is 0. The average Bonchev–Trinajstić information content (AvgIpc) is 2.83. The number of nitrogens with one attached hydrogen (secondary N) is 1. The van der Waals surface area contributed by atoms with Crippen LogP contribution >= 0.6 is 15.9 Å². The number of benzene rings is 1. The molecule has 0 aliphatic carbocycles. The third kappa shape index (κ3) is 3.47. The zero-order valence-electron chi connectivity index (χ0n) is 12.4. The molecule has 1 aliphatic rings. The fourth-order valence-electron chi connectivity index (χ4n) is 2.61. The van der Waals surface area contributed by atoms with Gasteiger partial charge in [-0.25, -0.2) is 4.98 Å². The number of nitrogens with zero attached hydrogens (tertiary/aromatic N) is 2. The summed E-state index contributed by atoms with van der Waals surface area (Å²) in [6, 6.07) is 11.9. The van der Waals surface area contributed by atoms with Crippen LogP contribution in [-0.4, -0.2) is 28.4 Å². The van der Waals surface area contributed by atoms with Crippen molar-refractivity contribution in [3.8, 4) is 0 Å². The Morgan fingerprint density at radius 1 is 1.32 bits per heavy atom. The van der Waals surface area contributed by atoms with Crippen LogP contribution in [0.4, 0.5) is 5.82 Å². The van der Waals surface area contributed by atoms with Crippen molar-refractivity contribution in [1.82, 2.24) is 9.88 Å². The van der Waals surface area contributed by atoms with Crippen molar-refractivity contribution < 1.29 is 4.79 Å². The van der Waals surface area contributed by atoms with Crippen LogP contribution in [0.1, 0.15) is 17.5 Å². The lowest BCUT2D eigenvalue weighted by atomic mass is 10.1. The third-order valence-corrected chi connectivity index (χ3v) is 4.33. The van der Waals surface area contributed by atoms with Crippen molar-refractivity contribution in [2.75, 3.05) is 11.9 Å². The Bertz CT molecular complexity index is 672. The number of hydrogen-bond acceptors (Lipinski definition) is 3. The molecule has 0 bridgehead atoms. The third-order valence-electron chi connectivity index (χ3n) is 3.84. The second-order valence-electron chi connectivity index (χ2n) is 5.59. The molecule has 0 spiro atoms. The number of hydrogen-bond donors (Lipinski definition) is 1. The lowest BCUT2D eigenvalue weighted by Gasteiger charge is -2.17. The van der Waals surface area contributed by atoms with Gasteiger partial charge in [0.1, 0.15) is 11.9 Å². The summed E-state index contributed by atoms with van der Waals surface area (Å²) >= 11 is 3.41. The van der Waals surface area contributed by atoms with Crippen molar-refractivity contribution in [2.45, 2.75) is 25.9 Å². The number of rotatable bonds is 4. The van der Waals surface area contributed by atoms with Gasteiger partial charge >= 0.3 is 0 Å². The molecule has 1 saturated heterocycles. The molecule has 2 aromatic rings. The Balaban J connectivity index is 1.63. The van der Waals surface area contributed by atoms with Gasteiger partial charge in [-0.1, -0.05) is 45.8 Å². The minimum atomic E-state index is -0.188. The normalized spacial score (nSPS) is 17.8. The van der Waals surface area contributed by atoms with Gasteiger partial charge in [0.15, 0.2) is 0 Å². The van der Waals surface area contributed by atoms with Crippen molar-refractivity contribution in [3.05, 3.63) is 58.2 Å². The summed E-state index contributed by atoms with van der Waals surface area (Å²) in [6.07, 6.45) is 2.52. The van der Waals surface area contributed by atoms with E-state index < -0.39 is 0 Å². The SMILES string of the molecule is Cc1ccc(CN2CCC(Nc3cc(Br)ccn3)C2=O)cc1. The molecule has 1 fully saturated rings. The Morgan fingerprint density at radius 3 is 2.82 bits per heavy atom. The maximum Gasteiger partial charge on any atom is 0.245 e. The van der Waals surface area contributed by atoms with E-state index in [1.165, 1.54) is 11.1 Å². The Labute approximate surface area is 138 Å². The first kappa shape index (κ1) is 15.0. The predicted octanol–water partition coefficient (Wildman–Crippen LogP) is 3.37. The quantitative estimate of drug-likeness (QED) is 0.910. The number of carbonyl (C=O) groups excluding carboxylic acids is 1. The fraction of sp³-hybridized carbons (Fsp3) is 0.294. The van der Waals surface area contributed by atoms with Gasteiger partial charge in [0.25, 0.3) is 0 Å². The predicted molar refractivity (Wildman–Crippen MR) is 90.6 cm³/mol. The first-order valence-electron chi connectivity index (χ1n) is 7.34. The van der Waals surface area contributed by atoms with Gasteiger partial charge in [0.05, 0.1) is 0 Å². The summed E-state index contributed by atoms with van der Waals surface area (Å²) in [6.45, 7) is 3.51. The van der Waals surface area contributed by atoms with Gasteiger partial charge in [0.2, 0.25) is 5.91 Å². The number of aromatic nitrogens is 1. The first-order valence-corrected chi connectivity index (χ1v) is 8.13. The van der Waals surface area contributed by atoms with E-state index >= 15 is 0 Å². The lowest BCUT2D eigenvalue weighted by molar-refractivity contribution is -0.128. The van der Waals surface area contributed by atoms with E-state index in [9.17, 15) is 4.79 Å². The highest BCUT2D eigenvalue weighted by Gasteiger charge is 2.31. The molecule has 0 saturated carbocycles. The van der Waals surface area contributed by atoms with Gasteiger partial charge < -0.3 is 10.2 Å². The second-order valence-corrected chi connectivity index (χ2v) is 6.51. The minimum absolute atomic E-state index is 0.141. The van der Waals surface area contributed by atoms with Crippen LogP contribution in [0.2, 0.25) is 0 Å². The molecule has 1 amide bonds. The van der Waals surface area contributed by atoms with Crippen LogP contribution in [0.3, 0.4) is 0 Å². The molecule has 22 heavy (non-hydrogen) atoms. The average molecular weight is 360 g/mol. The second kappa shape index (κ2) is 6.48. The molecular formula is C17H18BrN3O. The maximum atomic E-state index is 12.5. The topological polar surface area (TPSA) is 45.2 Å². The smallest absolute Gasteiger partial charge is 0.245 e. The lowest BCUT2D eigenvalue weighted by Crippen LogP contribution is -2.33. The highest BCUT2D eigenvalue weighted by atomic mass is 79.9. The van der Waals surface area contributed by atoms with Crippen molar-refractivity contribution >= 4 is 27.7 Å². The summed E-state index contributed by atoms with van der Waals surface area (Å²) in [5.41, 5.74) is 2.40. The van der Waals surface area contributed by atoms with Crippen LogP contribution in [0, 0.1) is 6.92 Å². The molecule has 4 nitrogen and oxygen atoms in total. The molecule has 0 radical (unpaired) electrons. The van der Waals surface area contributed by atoms with E-state index in [1.54, 1.807) is 6.20 Å². The van der Waals surface area contributed by atoms with E-state index in [0.717, 1.165) is 23.3 Å². The van der Waals surface area contributed by atoms with E-state index in [2.05, 4.69) is 57.4 Å². The molecule has 1 aromatic carbocycles. The molecule has 5 heteroatoms. The molecule has 2 heterocycles. The molecule has 1 aromatic heterocycles. The number of pyridine rings is 1. The standard InChI is InChI=1S/C17H18BrN3O/c1-12-2-4-13(5-3-12)11-21-9-7-15(17(21)22)20-16-10-14(18)6-8-19-16/h2-6,8,10,15H,7,9,11H2,1H3,(H,19,20). The monoisotopic (exact) mass is 359 g/mol. The van der Waals surface area contributed by atoms with Crippen molar-refractivity contribution in [1.29, 1.82) is 0 Å². The van der Waals surface area contributed by atoms with Gasteiger partial charge in [-0.2, -0.15) is 0 Å². The fourth-order valence-corrected chi connectivity index (χ4v) is 2.94. The number of likely N-dealkylation sites (tertiary alicyclic amines) is 1. The van der Waals surface area contributed by atoms with E-state index in [0.29, 0.717) is 6.54 Å². The Morgan fingerprint density at radius 2 is 2.09 bits per heavy atom. The minimum Gasteiger partial charge on any atom is -0.358 e. The molecular weight excluding hydrogens is 342 g/mol. The number of halogens is 1.